The Morgan fingerprint density at radius 2 is 1.85 bits per heavy atom. The lowest BCUT2D eigenvalue weighted by Crippen LogP contribution is -2.37. The zero-order valence-electron chi connectivity index (χ0n) is 13.6. The molecule has 0 aromatic rings. The molecular weight excluding hydrogens is 248 g/mol. The predicted octanol–water partition coefficient (Wildman–Crippen LogP) is 2.90. The van der Waals surface area contributed by atoms with Crippen molar-refractivity contribution in [3.63, 3.8) is 0 Å². The largest absolute Gasteiger partial charge is 0.377 e. The van der Waals surface area contributed by atoms with Gasteiger partial charge in [-0.25, -0.2) is 0 Å². The molecule has 2 atom stereocenters. The van der Waals surface area contributed by atoms with Crippen LogP contribution in [-0.2, 0) is 4.74 Å². The van der Waals surface area contributed by atoms with E-state index in [0.717, 1.165) is 25.0 Å². The molecule has 118 valence electrons. The zero-order valence-corrected chi connectivity index (χ0v) is 13.6. The van der Waals surface area contributed by atoms with Gasteiger partial charge in [-0.2, -0.15) is 0 Å². The molecule has 2 aliphatic rings. The number of ether oxygens (including phenoxy) is 1. The number of hydrogen-bond donors (Lipinski definition) is 1. The Hall–Kier alpha value is -0.120. The van der Waals surface area contributed by atoms with Crippen molar-refractivity contribution < 1.29 is 4.74 Å². The van der Waals surface area contributed by atoms with E-state index in [2.05, 4.69) is 24.2 Å². The molecule has 1 aliphatic heterocycles. The Labute approximate surface area is 125 Å². The minimum absolute atomic E-state index is 0.539. The fourth-order valence-electron chi connectivity index (χ4n) is 3.71. The highest BCUT2D eigenvalue weighted by Gasteiger charge is 2.22. The summed E-state index contributed by atoms with van der Waals surface area (Å²) in [5.74, 6) is 1.72. The molecule has 0 bridgehead atoms. The fraction of sp³-hybridized carbons (Fsp3) is 1.00. The van der Waals surface area contributed by atoms with Crippen LogP contribution in [0.4, 0.5) is 0 Å². The molecule has 0 radical (unpaired) electrons. The first kappa shape index (κ1) is 16.3. The summed E-state index contributed by atoms with van der Waals surface area (Å²) >= 11 is 0. The molecule has 2 fully saturated rings. The first-order valence-corrected chi connectivity index (χ1v) is 8.78. The van der Waals surface area contributed by atoms with Crippen molar-refractivity contribution in [3.8, 4) is 0 Å². The summed E-state index contributed by atoms with van der Waals surface area (Å²) < 4.78 is 6.14. The van der Waals surface area contributed by atoms with Crippen molar-refractivity contribution in [2.45, 2.75) is 58.0 Å². The average molecular weight is 282 g/mol. The molecule has 1 heterocycles. The van der Waals surface area contributed by atoms with Crippen LogP contribution in [0.15, 0.2) is 0 Å². The van der Waals surface area contributed by atoms with E-state index in [-0.39, 0.29) is 0 Å². The molecule has 20 heavy (non-hydrogen) atoms. The molecule has 1 N–H and O–H groups in total. The first-order chi connectivity index (χ1) is 9.79. The minimum atomic E-state index is 0.539. The average Bonchev–Trinajstić information content (AvgIpc) is 2.48. The van der Waals surface area contributed by atoms with Gasteiger partial charge in [-0.15, -0.1) is 0 Å². The first-order valence-electron chi connectivity index (χ1n) is 8.78. The maximum atomic E-state index is 6.14. The Kier molecular flexibility index (Phi) is 7.32. The molecule has 1 aliphatic carbocycles. The molecule has 0 aromatic carbocycles. The van der Waals surface area contributed by atoms with Gasteiger partial charge >= 0.3 is 0 Å². The van der Waals surface area contributed by atoms with Crippen LogP contribution in [0.25, 0.3) is 0 Å². The molecule has 2 unspecified atom stereocenters. The van der Waals surface area contributed by atoms with Gasteiger partial charge in [0.25, 0.3) is 0 Å². The van der Waals surface area contributed by atoms with Gasteiger partial charge in [0.1, 0.15) is 0 Å². The monoisotopic (exact) mass is 282 g/mol. The van der Waals surface area contributed by atoms with Crippen LogP contribution < -0.4 is 5.32 Å². The van der Waals surface area contributed by atoms with Crippen molar-refractivity contribution in [3.05, 3.63) is 0 Å². The highest BCUT2D eigenvalue weighted by Crippen LogP contribution is 2.26. The number of hydrogen-bond acceptors (Lipinski definition) is 3. The van der Waals surface area contributed by atoms with Gasteiger partial charge in [0.05, 0.1) is 12.7 Å². The van der Waals surface area contributed by atoms with Gasteiger partial charge in [-0.05, 0) is 70.6 Å². The lowest BCUT2D eigenvalue weighted by atomic mass is 9.88. The quantitative estimate of drug-likeness (QED) is 0.777. The van der Waals surface area contributed by atoms with Gasteiger partial charge in [-0.3, -0.25) is 0 Å². The normalized spacial score (nSPS) is 29.7. The van der Waals surface area contributed by atoms with Gasteiger partial charge in [0.2, 0.25) is 0 Å². The fourth-order valence-corrected chi connectivity index (χ4v) is 3.71. The molecule has 2 rings (SSSR count). The second kappa shape index (κ2) is 9.01. The zero-order chi connectivity index (χ0) is 14.2. The van der Waals surface area contributed by atoms with E-state index in [1.807, 2.05) is 0 Å². The van der Waals surface area contributed by atoms with Gasteiger partial charge in [0.15, 0.2) is 0 Å². The third-order valence-electron chi connectivity index (χ3n) is 5.28. The Bertz CT molecular complexity index is 251. The van der Waals surface area contributed by atoms with E-state index >= 15 is 0 Å². The maximum absolute atomic E-state index is 6.14. The highest BCUT2D eigenvalue weighted by molar-refractivity contribution is 4.75. The molecule has 0 aromatic heterocycles. The third-order valence-corrected chi connectivity index (χ3v) is 5.28. The number of rotatable bonds is 7. The lowest BCUT2D eigenvalue weighted by molar-refractivity contribution is -0.0166. The van der Waals surface area contributed by atoms with Crippen LogP contribution >= 0.6 is 0 Å². The van der Waals surface area contributed by atoms with Crippen molar-refractivity contribution in [2.75, 3.05) is 39.8 Å². The molecular formula is C17H34N2O. The Morgan fingerprint density at radius 3 is 2.55 bits per heavy atom. The molecule has 0 amide bonds. The summed E-state index contributed by atoms with van der Waals surface area (Å²) in [6.45, 7) is 8.17. The van der Waals surface area contributed by atoms with E-state index in [0.29, 0.717) is 6.10 Å². The topological polar surface area (TPSA) is 24.5 Å². The van der Waals surface area contributed by atoms with Crippen LogP contribution in [-0.4, -0.2) is 50.8 Å². The summed E-state index contributed by atoms with van der Waals surface area (Å²) in [5.41, 5.74) is 0. The third kappa shape index (κ3) is 5.34. The summed E-state index contributed by atoms with van der Waals surface area (Å²) in [6.07, 6.45) is 10.1. The van der Waals surface area contributed by atoms with Gasteiger partial charge in [0, 0.05) is 6.54 Å². The van der Waals surface area contributed by atoms with Crippen molar-refractivity contribution in [2.24, 2.45) is 11.8 Å². The van der Waals surface area contributed by atoms with Gasteiger partial charge in [-0.1, -0.05) is 19.8 Å². The lowest BCUT2D eigenvalue weighted by Gasteiger charge is -2.33. The maximum Gasteiger partial charge on any atom is 0.0601 e. The van der Waals surface area contributed by atoms with E-state index in [1.54, 1.807) is 0 Å². The molecule has 0 spiro atoms. The SMILES string of the molecule is CNCCC1CCN(CCOC2CCCCC2C)CC1. The molecule has 3 nitrogen and oxygen atoms in total. The number of piperidine rings is 1. The molecule has 1 saturated heterocycles. The van der Waals surface area contributed by atoms with E-state index < -0.39 is 0 Å². The van der Waals surface area contributed by atoms with Crippen LogP contribution in [0.3, 0.4) is 0 Å². The Balaban J connectivity index is 1.54. The number of likely N-dealkylation sites (tertiary alicyclic amines) is 1. The highest BCUT2D eigenvalue weighted by atomic mass is 16.5. The molecule has 3 heteroatoms. The summed E-state index contributed by atoms with van der Waals surface area (Å²) in [7, 11) is 2.05. The van der Waals surface area contributed by atoms with Crippen molar-refractivity contribution >= 4 is 0 Å². The summed E-state index contributed by atoms with van der Waals surface area (Å²) in [4.78, 5) is 2.60. The standard InChI is InChI=1S/C17H34N2O/c1-15-5-3-4-6-17(15)20-14-13-19-11-8-16(9-12-19)7-10-18-2/h15-18H,3-14H2,1-2H3. The smallest absolute Gasteiger partial charge is 0.0601 e. The van der Waals surface area contributed by atoms with Crippen LogP contribution in [0, 0.1) is 11.8 Å². The van der Waals surface area contributed by atoms with E-state index in [9.17, 15) is 0 Å². The minimum Gasteiger partial charge on any atom is -0.377 e. The van der Waals surface area contributed by atoms with Crippen molar-refractivity contribution in [1.82, 2.24) is 10.2 Å². The van der Waals surface area contributed by atoms with Crippen LogP contribution in [0.5, 0.6) is 0 Å². The summed E-state index contributed by atoms with van der Waals surface area (Å²) in [5, 5.41) is 3.27. The molecule has 1 saturated carbocycles. The second-order valence-corrected chi connectivity index (χ2v) is 6.85. The Morgan fingerprint density at radius 1 is 1.10 bits per heavy atom. The van der Waals surface area contributed by atoms with Crippen LogP contribution in [0.2, 0.25) is 0 Å². The number of nitrogens with zero attached hydrogens (tertiary/aromatic N) is 1. The van der Waals surface area contributed by atoms with Crippen LogP contribution in [0.1, 0.15) is 51.9 Å². The second-order valence-electron chi connectivity index (χ2n) is 6.85. The number of nitrogens with one attached hydrogen (secondary N) is 1. The van der Waals surface area contributed by atoms with Gasteiger partial charge < -0.3 is 15.0 Å². The predicted molar refractivity (Wildman–Crippen MR) is 85.1 cm³/mol. The van der Waals surface area contributed by atoms with Crippen molar-refractivity contribution in [1.29, 1.82) is 0 Å². The summed E-state index contributed by atoms with van der Waals surface area (Å²) in [6, 6.07) is 0. The van der Waals surface area contributed by atoms with E-state index in [1.165, 1.54) is 64.6 Å². The van der Waals surface area contributed by atoms with E-state index in [4.69, 9.17) is 4.74 Å².